The Morgan fingerprint density at radius 1 is 1.29 bits per heavy atom. The van der Waals surface area contributed by atoms with Crippen LogP contribution in [0.4, 0.5) is 5.82 Å². The summed E-state index contributed by atoms with van der Waals surface area (Å²) in [6.45, 7) is 5.91. The first-order valence-electron chi connectivity index (χ1n) is 8.15. The Balaban J connectivity index is 0.000000636. The maximum Gasteiger partial charge on any atom is 0.147 e. The van der Waals surface area contributed by atoms with Gasteiger partial charge in [0.2, 0.25) is 0 Å². The van der Waals surface area contributed by atoms with Gasteiger partial charge in [-0.1, -0.05) is 26.7 Å². The highest BCUT2D eigenvalue weighted by atomic mass is 16.1. The molecule has 2 heterocycles. The molecule has 0 aromatic carbocycles. The third-order valence-corrected chi connectivity index (χ3v) is 4.86. The minimum atomic E-state index is -0.0899. The normalized spacial score (nSPS) is 21.9. The van der Waals surface area contributed by atoms with Crippen LogP contribution in [-0.2, 0) is 10.2 Å². The molecule has 1 aromatic heterocycles. The predicted molar refractivity (Wildman–Crippen MR) is 83.0 cm³/mol. The number of carbonyl (C=O) groups excluding carboxylic acids is 1. The number of hydrogen-bond donors (Lipinski definition) is 0. The van der Waals surface area contributed by atoms with E-state index in [1.165, 1.54) is 12.8 Å². The number of allylic oxidation sites excluding steroid dienone is 1. The van der Waals surface area contributed by atoms with Crippen molar-refractivity contribution in [3.63, 3.8) is 0 Å². The number of anilines is 1. The zero-order chi connectivity index (χ0) is 15.0. The number of aromatic nitrogens is 2. The maximum absolute atomic E-state index is 11.5. The highest BCUT2D eigenvalue weighted by Gasteiger charge is 2.59. The van der Waals surface area contributed by atoms with Crippen LogP contribution < -0.4 is 4.90 Å². The second-order valence-corrected chi connectivity index (χ2v) is 6.00. The Labute approximate surface area is 126 Å². The molecule has 2 saturated carbocycles. The van der Waals surface area contributed by atoms with Crippen molar-refractivity contribution in [2.24, 2.45) is 0 Å². The Kier molecular flexibility index (Phi) is 3.58. The maximum atomic E-state index is 11.5. The molecule has 2 fully saturated rings. The molecule has 0 saturated heterocycles. The van der Waals surface area contributed by atoms with E-state index in [0.29, 0.717) is 6.04 Å². The third-order valence-electron chi connectivity index (χ3n) is 4.86. The molecule has 1 spiro atoms. The van der Waals surface area contributed by atoms with Crippen molar-refractivity contribution in [1.29, 1.82) is 0 Å². The first kappa shape index (κ1) is 14.3. The van der Waals surface area contributed by atoms with Gasteiger partial charge < -0.3 is 4.90 Å². The third kappa shape index (κ3) is 2.01. The Morgan fingerprint density at radius 3 is 2.52 bits per heavy atom. The molecule has 0 bridgehead atoms. The zero-order valence-corrected chi connectivity index (χ0v) is 13.1. The first-order chi connectivity index (χ1) is 10.3. The highest BCUT2D eigenvalue weighted by Crippen LogP contribution is 2.61. The topological polar surface area (TPSA) is 46.1 Å². The summed E-state index contributed by atoms with van der Waals surface area (Å²) >= 11 is 0. The van der Waals surface area contributed by atoms with Gasteiger partial charge in [0, 0.05) is 17.8 Å². The molecule has 2 aliphatic carbocycles. The van der Waals surface area contributed by atoms with Gasteiger partial charge in [-0.2, -0.15) is 0 Å². The summed E-state index contributed by atoms with van der Waals surface area (Å²) in [7, 11) is 0. The number of nitrogens with zero attached hydrogens (tertiary/aromatic N) is 3. The van der Waals surface area contributed by atoms with Crippen molar-refractivity contribution in [3.8, 4) is 0 Å². The smallest absolute Gasteiger partial charge is 0.147 e. The van der Waals surface area contributed by atoms with Crippen LogP contribution in [0, 0.1) is 6.92 Å². The summed E-state index contributed by atoms with van der Waals surface area (Å²) in [5.74, 6) is 4.00. The average Bonchev–Trinajstić information content (AvgIpc) is 3.02. The minimum absolute atomic E-state index is 0.0899. The van der Waals surface area contributed by atoms with E-state index in [-0.39, 0.29) is 5.41 Å². The number of aryl methyl sites for hydroxylation is 1. The fraction of sp³-hybridized carbons (Fsp3) is 0.647. The quantitative estimate of drug-likeness (QED) is 0.743. The van der Waals surface area contributed by atoms with Gasteiger partial charge in [0.25, 0.3) is 0 Å². The van der Waals surface area contributed by atoms with Crippen molar-refractivity contribution in [2.45, 2.75) is 70.8 Å². The first-order valence-corrected chi connectivity index (χ1v) is 8.15. The average molecular weight is 285 g/mol. The fourth-order valence-electron chi connectivity index (χ4n) is 3.74. The van der Waals surface area contributed by atoms with E-state index in [0.717, 1.165) is 48.6 Å². The van der Waals surface area contributed by atoms with Gasteiger partial charge in [0.15, 0.2) is 0 Å². The summed E-state index contributed by atoms with van der Waals surface area (Å²) in [5.41, 5.74) is 1.89. The lowest BCUT2D eigenvalue weighted by Crippen LogP contribution is -2.32. The second-order valence-electron chi connectivity index (χ2n) is 6.00. The summed E-state index contributed by atoms with van der Waals surface area (Å²) in [4.78, 5) is 22.7. The second kappa shape index (κ2) is 5.27. The molecule has 1 aromatic rings. The Hall–Kier alpha value is -1.67. The summed E-state index contributed by atoms with van der Waals surface area (Å²) < 4.78 is 0. The van der Waals surface area contributed by atoms with E-state index in [1.54, 1.807) is 0 Å². The fourth-order valence-corrected chi connectivity index (χ4v) is 3.74. The van der Waals surface area contributed by atoms with Gasteiger partial charge in [-0.3, -0.25) is 0 Å². The van der Waals surface area contributed by atoms with Crippen molar-refractivity contribution in [2.75, 3.05) is 4.90 Å². The SMILES string of the molecule is CC.Cc1ncc2c(n1)N(C1CCCC1)C(=C=O)C21CC1. The van der Waals surface area contributed by atoms with Crippen LogP contribution in [0.25, 0.3) is 0 Å². The van der Waals surface area contributed by atoms with E-state index in [1.807, 2.05) is 27.0 Å². The van der Waals surface area contributed by atoms with Crippen LogP contribution in [-0.4, -0.2) is 22.0 Å². The van der Waals surface area contributed by atoms with Gasteiger partial charge in [-0.25, -0.2) is 14.8 Å². The molecule has 21 heavy (non-hydrogen) atoms. The van der Waals surface area contributed by atoms with Gasteiger partial charge >= 0.3 is 0 Å². The van der Waals surface area contributed by atoms with Gasteiger partial charge in [0.1, 0.15) is 23.3 Å². The lowest BCUT2D eigenvalue weighted by atomic mass is 9.98. The molecule has 112 valence electrons. The number of hydrogen-bond acceptors (Lipinski definition) is 4. The lowest BCUT2D eigenvalue weighted by molar-refractivity contribution is 0.559. The van der Waals surface area contributed by atoms with E-state index < -0.39 is 0 Å². The standard InChI is InChI=1S/C15H17N3O.C2H6/c1-10-16-8-12-14(17-10)18(11-4-2-3-5-11)13(9-19)15(12)6-7-15;1-2/h8,11H,2-7H2,1H3;1-2H3. The van der Waals surface area contributed by atoms with Crippen LogP contribution in [0.3, 0.4) is 0 Å². The van der Waals surface area contributed by atoms with Crippen LogP contribution >= 0.6 is 0 Å². The molecule has 0 unspecified atom stereocenters. The van der Waals surface area contributed by atoms with Crippen molar-refractivity contribution < 1.29 is 4.79 Å². The predicted octanol–water partition coefficient (Wildman–Crippen LogP) is 3.32. The summed E-state index contributed by atoms with van der Waals surface area (Å²) in [6, 6.07) is 0.435. The molecular formula is C17H23N3O. The van der Waals surface area contributed by atoms with Gasteiger partial charge in [-0.15, -0.1) is 0 Å². The summed E-state index contributed by atoms with van der Waals surface area (Å²) in [5, 5.41) is 0. The largest absolute Gasteiger partial charge is 0.316 e. The van der Waals surface area contributed by atoms with Crippen LogP contribution in [0.5, 0.6) is 0 Å². The molecule has 4 heteroatoms. The zero-order valence-electron chi connectivity index (χ0n) is 13.1. The Morgan fingerprint density at radius 2 is 1.95 bits per heavy atom. The number of fused-ring (bicyclic) bond motifs is 2. The molecule has 0 radical (unpaired) electrons. The van der Waals surface area contributed by atoms with Crippen molar-refractivity contribution in [3.05, 3.63) is 23.3 Å². The van der Waals surface area contributed by atoms with Crippen LogP contribution in [0.15, 0.2) is 11.9 Å². The molecule has 4 nitrogen and oxygen atoms in total. The van der Waals surface area contributed by atoms with Gasteiger partial charge in [-0.05, 0) is 32.6 Å². The minimum Gasteiger partial charge on any atom is -0.316 e. The van der Waals surface area contributed by atoms with Gasteiger partial charge in [0.05, 0.1) is 5.41 Å². The van der Waals surface area contributed by atoms with E-state index in [9.17, 15) is 4.79 Å². The lowest BCUT2D eigenvalue weighted by Gasteiger charge is -2.26. The van der Waals surface area contributed by atoms with Crippen LogP contribution in [0.1, 0.15) is 63.8 Å². The van der Waals surface area contributed by atoms with E-state index in [2.05, 4.69) is 20.8 Å². The van der Waals surface area contributed by atoms with Crippen LogP contribution in [0.2, 0.25) is 0 Å². The molecule has 4 rings (SSSR count). The monoisotopic (exact) mass is 285 g/mol. The Bertz CT molecular complexity index is 594. The molecule has 0 atom stereocenters. The molecule has 3 aliphatic rings. The number of rotatable bonds is 1. The highest BCUT2D eigenvalue weighted by molar-refractivity contribution is 5.79. The van der Waals surface area contributed by atoms with E-state index >= 15 is 0 Å². The van der Waals surface area contributed by atoms with Crippen molar-refractivity contribution >= 4 is 11.8 Å². The molecule has 0 amide bonds. The molecule has 0 N–H and O–H groups in total. The van der Waals surface area contributed by atoms with E-state index in [4.69, 9.17) is 0 Å². The molecule has 1 aliphatic heterocycles. The molecular weight excluding hydrogens is 262 g/mol. The van der Waals surface area contributed by atoms with Crippen molar-refractivity contribution in [1.82, 2.24) is 9.97 Å². The summed E-state index contributed by atoms with van der Waals surface area (Å²) in [6.07, 6.45) is 8.82.